The van der Waals surface area contributed by atoms with Gasteiger partial charge >= 0.3 is 6.18 Å². The standard InChI is InChI=1S/C19H13Cl2F3N4OS/c20-13-5-4-11(16(21)7-13)9-25-28-17(29)8-15-10-30-18(27-15)26-14-3-1-2-12(6-14)19(22,23)24/h1-7,9-10H,8H2,(H,26,27)(H,28,29)/b25-9-. The molecular weight excluding hydrogens is 460 g/mol. The molecule has 0 radical (unpaired) electrons. The second kappa shape index (κ2) is 9.46. The summed E-state index contributed by atoms with van der Waals surface area (Å²) in [5, 5.41) is 9.53. The molecule has 0 spiro atoms. The van der Waals surface area contributed by atoms with Gasteiger partial charge in [0.2, 0.25) is 5.91 Å². The summed E-state index contributed by atoms with van der Waals surface area (Å²) in [6, 6.07) is 9.64. The van der Waals surface area contributed by atoms with Crippen molar-refractivity contribution in [2.45, 2.75) is 12.6 Å². The number of carbonyl (C=O) groups is 1. The number of carbonyl (C=O) groups excluding carboxylic acids is 1. The molecule has 0 aliphatic carbocycles. The number of nitrogens with one attached hydrogen (secondary N) is 2. The summed E-state index contributed by atoms with van der Waals surface area (Å²) < 4.78 is 38.4. The number of nitrogens with zero attached hydrogens (tertiary/aromatic N) is 2. The third kappa shape index (κ3) is 6.19. The van der Waals surface area contributed by atoms with Gasteiger partial charge in [-0.15, -0.1) is 11.3 Å². The van der Waals surface area contributed by atoms with E-state index in [0.717, 1.165) is 12.1 Å². The summed E-state index contributed by atoms with van der Waals surface area (Å²) >= 11 is 13.0. The van der Waals surface area contributed by atoms with E-state index in [1.807, 2.05) is 0 Å². The first-order valence-corrected chi connectivity index (χ1v) is 10.00. The van der Waals surface area contributed by atoms with Crippen LogP contribution in [0.4, 0.5) is 24.0 Å². The number of amides is 1. The molecule has 0 aliphatic heterocycles. The molecule has 0 unspecified atom stereocenters. The Morgan fingerprint density at radius 2 is 2.00 bits per heavy atom. The summed E-state index contributed by atoms with van der Waals surface area (Å²) in [5.74, 6) is -0.410. The molecule has 0 fully saturated rings. The van der Waals surface area contributed by atoms with Crippen LogP contribution >= 0.6 is 34.5 Å². The maximum atomic E-state index is 12.8. The van der Waals surface area contributed by atoms with Crippen LogP contribution in [0.2, 0.25) is 10.0 Å². The summed E-state index contributed by atoms with van der Waals surface area (Å²) in [6.45, 7) is 0. The first kappa shape index (κ1) is 22.1. The average Bonchev–Trinajstić information content (AvgIpc) is 3.09. The topological polar surface area (TPSA) is 66.4 Å². The first-order chi connectivity index (χ1) is 14.2. The number of alkyl halides is 3. The highest BCUT2D eigenvalue weighted by Crippen LogP contribution is 2.31. The Balaban J connectivity index is 1.56. The van der Waals surface area contributed by atoms with E-state index in [1.165, 1.54) is 29.7 Å². The van der Waals surface area contributed by atoms with E-state index in [4.69, 9.17) is 23.2 Å². The summed E-state index contributed by atoms with van der Waals surface area (Å²) in [7, 11) is 0. The lowest BCUT2D eigenvalue weighted by Crippen LogP contribution is -2.20. The maximum Gasteiger partial charge on any atom is 0.416 e. The number of anilines is 2. The van der Waals surface area contributed by atoms with E-state index in [1.54, 1.807) is 23.6 Å². The van der Waals surface area contributed by atoms with E-state index in [0.29, 0.717) is 26.4 Å². The van der Waals surface area contributed by atoms with Crippen molar-refractivity contribution in [1.29, 1.82) is 0 Å². The van der Waals surface area contributed by atoms with Crippen LogP contribution in [0.3, 0.4) is 0 Å². The molecule has 5 nitrogen and oxygen atoms in total. The molecule has 30 heavy (non-hydrogen) atoms. The Labute approximate surface area is 183 Å². The van der Waals surface area contributed by atoms with E-state index >= 15 is 0 Å². The van der Waals surface area contributed by atoms with Gasteiger partial charge in [-0.25, -0.2) is 10.4 Å². The number of halogens is 5. The Bertz CT molecular complexity index is 1090. The molecule has 0 bridgehead atoms. The average molecular weight is 473 g/mol. The third-order valence-electron chi connectivity index (χ3n) is 3.69. The number of hydrogen-bond donors (Lipinski definition) is 2. The van der Waals surface area contributed by atoms with Gasteiger partial charge < -0.3 is 5.32 Å². The highest BCUT2D eigenvalue weighted by molar-refractivity contribution is 7.13. The molecule has 2 aromatic carbocycles. The largest absolute Gasteiger partial charge is 0.416 e. The molecule has 1 aromatic heterocycles. The Hall–Kier alpha value is -2.62. The van der Waals surface area contributed by atoms with Crippen molar-refractivity contribution >= 4 is 57.5 Å². The van der Waals surface area contributed by atoms with Crippen molar-refractivity contribution in [1.82, 2.24) is 10.4 Å². The van der Waals surface area contributed by atoms with Crippen molar-refractivity contribution in [2.24, 2.45) is 5.10 Å². The molecule has 3 rings (SSSR count). The molecule has 156 valence electrons. The number of hydrazone groups is 1. The fraction of sp³-hybridized carbons (Fsp3) is 0.105. The summed E-state index contributed by atoms with van der Waals surface area (Å²) in [6.07, 6.45) is -3.09. The molecule has 11 heteroatoms. The predicted molar refractivity (Wildman–Crippen MR) is 113 cm³/mol. The summed E-state index contributed by atoms with van der Waals surface area (Å²) in [5.41, 5.74) is 2.89. The van der Waals surface area contributed by atoms with Crippen molar-refractivity contribution in [3.63, 3.8) is 0 Å². The minimum absolute atomic E-state index is 0.0491. The van der Waals surface area contributed by atoms with Gasteiger partial charge in [0.15, 0.2) is 5.13 Å². The van der Waals surface area contributed by atoms with Crippen LogP contribution in [0.5, 0.6) is 0 Å². The molecular formula is C19H13Cl2F3N4OS. The minimum atomic E-state index is -4.43. The number of benzene rings is 2. The van der Waals surface area contributed by atoms with Crippen molar-refractivity contribution < 1.29 is 18.0 Å². The summed E-state index contributed by atoms with van der Waals surface area (Å²) in [4.78, 5) is 16.2. The third-order valence-corrected chi connectivity index (χ3v) is 5.06. The van der Waals surface area contributed by atoms with E-state index in [-0.39, 0.29) is 12.1 Å². The van der Waals surface area contributed by atoms with Gasteiger partial charge in [-0.05, 0) is 30.3 Å². The van der Waals surface area contributed by atoms with Crippen molar-refractivity contribution in [3.05, 3.63) is 74.7 Å². The molecule has 0 saturated carbocycles. The van der Waals surface area contributed by atoms with Crippen LogP contribution < -0.4 is 10.7 Å². The monoisotopic (exact) mass is 472 g/mol. The molecule has 0 saturated heterocycles. The Kier molecular flexibility index (Phi) is 6.96. The lowest BCUT2D eigenvalue weighted by Gasteiger charge is -2.08. The quantitative estimate of drug-likeness (QED) is 0.346. The van der Waals surface area contributed by atoms with Crippen LogP contribution in [0, 0.1) is 0 Å². The lowest BCUT2D eigenvalue weighted by molar-refractivity contribution is -0.137. The van der Waals surface area contributed by atoms with Gasteiger partial charge in [0, 0.05) is 21.7 Å². The van der Waals surface area contributed by atoms with Gasteiger partial charge in [-0.3, -0.25) is 4.79 Å². The maximum absolute atomic E-state index is 12.8. The smallest absolute Gasteiger partial charge is 0.332 e. The SMILES string of the molecule is O=C(Cc1csc(Nc2cccc(C(F)(F)F)c2)n1)N/N=C\c1ccc(Cl)cc1Cl. The van der Waals surface area contributed by atoms with Gasteiger partial charge in [0.05, 0.1) is 28.9 Å². The van der Waals surface area contributed by atoms with Gasteiger partial charge in [0.25, 0.3) is 0 Å². The fourth-order valence-corrected chi connectivity index (χ4v) is 3.51. The first-order valence-electron chi connectivity index (χ1n) is 8.36. The zero-order valence-corrected chi connectivity index (χ0v) is 17.3. The number of hydrogen-bond acceptors (Lipinski definition) is 5. The Morgan fingerprint density at radius 3 is 2.73 bits per heavy atom. The Morgan fingerprint density at radius 1 is 1.20 bits per heavy atom. The molecule has 0 atom stereocenters. The zero-order chi connectivity index (χ0) is 21.7. The van der Waals surface area contributed by atoms with E-state index in [2.05, 4.69) is 20.8 Å². The van der Waals surface area contributed by atoms with Gasteiger partial charge in [-0.2, -0.15) is 18.3 Å². The second-order valence-corrected chi connectivity index (χ2v) is 7.69. The lowest BCUT2D eigenvalue weighted by atomic mass is 10.2. The van der Waals surface area contributed by atoms with Gasteiger partial charge in [0.1, 0.15) is 0 Å². The number of rotatable bonds is 6. The molecule has 1 amide bonds. The van der Waals surface area contributed by atoms with E-state index in [9.17, 15) is 18.0 Å². The number of aromatic nitrogens is 1. The molecule has 1 heterocycles. The normalized spacial score (nSPS) is 11.6. The van der Waals surface area contributed by atoms with Crippen LogP contribution in [-0.2, 0) is 17.4 Å². The van der Waals surface area contributed by atoms with Crippen LogP contribution in [0.1, 0.15) is 16.8 Å². The number of thiazole rings is 1. The van der Waals surface area contributed by atoms with Crippen LogP contribution in [0.25, 0.3) is 0 Å². The highest BCUT2D eigenvalue weighted by Gasteiger charge is 2.30. The highest BCUT2D eigenvalue weighted by atomic mass is 35.5. The van der Waals surface area contributed by atoms with Crippen LogP contribution in [-0.4, -0.2) is 17.1 Å². The fourth-order valence-electron chi connectivity index (χ4n) is 2.33. The minimum Gasteiger partial charge on any atom is -0.332 e. The zero-order valence-electron chi connectivity index (χ0n) is 15.0. The van der Waals surface area contributed by atoms with Crippen molar-refractivity contribution in [3.8, 4) is 0 Å². The molecule has 2 N–H and O–H groups in total. The van der Waals surface area contributed by atoms with Gasteiger partial charge in [-0.1, -0.05) is 35.3 Å². The van der Waals surface area contributed by atoms with Crippen molar-refractivity contribution in [2.75, 3.05) is 5.32 Å². The van der Waals surface area contributed by atoms with E-state index < -0.39 is 17.6 Å². The predicted octanol–water partition coefficient (Wildman–Crippen LogP) is 5.91. The molecule has 3 aromatic rings. The second-order valence-electron chi connectivity index (χ2n) is 5.98. The molecule has 0 aliphatic rings. The van der Waals surface area contributed by atoms with Crippen LogP contribution in [0.15, 0.2) is 52.9 Å².